The number of hydrogen-bond acceptors (Lipinski definition) is 4. The van der Waals surface area contributed by atoms with Crippen molar-refractivity contribution in [1.82, 2.24) is 5.32 Å². The van der Waals surface area contributed by atoms with Crippen LogP contribution in [0.25, 0.3) is 10.1 Å². The van der Waals surface area contributed by atoms with Crippen LogP contribution in [0.2, 0.25) is 0 Å². The van der Waals surface area contributed by atoms with E-state index >= 15 is 0 Å². The van der Waals surface area contributed by atoms with Crippen LogP contribution in [0.5, 0.6) is 5.75 Å². The molecule has 1 atom stereocenters. The second-order valence-electron chi connectivity index (χ2n) is 5.56. The van der Waals surface area contributed by atoms with Crippen LogP contribution in [0.3, 0.4) is 0 Å². The number of benzene rings is 2. The van der Waals surface area contributed by atoms with Crippen molar-refractivity contribution in [3.63, 3.8) is 0 Å². The van der Waals surface area contributed by atoms with Gasteiger partial charge in [-0.05, 0) is 53.6 Å². The zero-order chi connectivity index (χ0) is 17.8. The molecule has 0 aliphatic rings. The lowest BCUT2D eigenvalue weighted by molar-refractivity contribution is -0.136. The highest BCUT2D eigenvalue weighted by Crippen LogP contribution is 2.29. The molecule has 3 rings (SSSR count). The van der Waals surface area contributed by atoms with E-state index in [9.17, 15) is 9.59 Å². The number of nitrogens with one attached hydrogen (secondary N) is 2. The van der Waals surface area contributed by atoms with Crippen LogP contribution < -0.4 is 15.4 Å². The summed E-state index contributed by atoms with van der Waals surface area (Å²) in [6.07, 6.45) is 0. The Kier molecular flexibility index (Phi) is 5.00. The summed E-state index contributed by atoms with van der Waals surface area (Å²) in [7, 11) is 1.57. The molecule has 0 aliphatic carbocycles. The van der Waals surface area contributed by atoms with Gasteiger partial charge >= 0.3 is 11.8 Å². The number of ether oxygens (including phenoxy) is 1. The van der Waals surface area contributed by atoms with Gasteiger partial charge in [0.1, 0.15) is 5.75 Å². The predicted molar refractivity (Wildman–Crippen MR) is 100 cm³/mol. The maximum atomic E-state index is 12.2. The zero-order valence-corrected chi connectivity index (χ0v) is 14.7. The van der Waals surface area contributed by atoms with Crippen LogP contribution in [0.1, 0.15) is 18.5 Å². The lowest BCUT2D eigenvalue weighted by atomic mass is 10.1. The molecule has 25 heavy (non-hydrogen) atoms. The summed E-state index contributed by atoms with van der Waals surface area (Å²) in [5.41, 5.74) is 1.54. The molecule has 2 amide bonds. The summed E-state index contributed by atoms with van der Waals surface area (Å²) in [5, 5.41) is 8.43. The largest absolute Gasteiger partial charge is 0.497 e. The van der Waals surface area contributed by atoms with Gasteiger partial charge in [-0.3, -0.25) is 9.59 Å². The van der Waals surface area contributed by atoms with Crippen molar-refractivity contribution >= 4 is 38.9 Å². The van der Waals surface area contributed by atoms with Gasteiger partial charge in [0.25, 0.3) is 0 Å². The molecule has 1 heterocycles. The molecule has 1 aromatic heterocycles. The van der Waals surface area contributed by atoms with E-state index in [0.29, 0.717) is 11.4 Å². The Hall–Kier alpha value is -2.86. The maximum Gasteiger partial charge on any atom is 0.313 e. The highest BCUT2D eigenvalue weighted by atomic mass is 32.1. The summed E-state index contributed by atoms with van der Waals surface area (Å²) in [6.45, 7) is 1.87. The Morgan fingerprint density at radius 1 is 1.04 bits per heavy atom. The molecule has 0 saturated heterocycles. The monoisotopic (exact) mass is 354 g/mol. The van der Waals surface area contributed by atoms with Crippen molar-refractivity contribution < 1.29 is 14.3 Å². The minimum atomic E-state index is -0.698. The standard InChI is InChI=1S/C19H18N2O3S/c1-12(16-11-25-17-6-4-3-5-15(16)17)20-18(22)19(23)21-13-7-9-14(24-2)10-8-13/h3-12H,1-2H3,(H,20,22)(H,21,23). The van der Waals surface area contributed by atoms with Crippen LogP contribution in [-0.2, 0) is 9.59 Å². The van der Waals surface area contributed by atoms with Gasteiger partial charge in [-0.25, -0.2) is 0 Å². The number of amides is 2. The van der Waals surface area contributed by atoms with Gasteiger partial charge in [-0.2, -0.15) is 0 Å². The Morgan fingerprint density at radius 3 is 2.48 bits per heavy atom. The molecule has 5 nitrogen and oxygen atoms in total. The third-order valence-electron chi connectivity index (χ3n) is 3.88. The number of anilines is 1. The molecule has 3 aromatic rings. The summed E-state index contributed by atoms with van der Waals surface area (Å²) in [6, 6.07) is 14.5. The normalized spacial score (nSPS) is 11.8. The molecule has 0 bridgehead atoms. The smallest absolute Gasteiger partial charge is 0.313 e. The van der Waals surface area contributed by atoms with Gasteiger partial charge in [-0.1, -0.05) is 18.2 Å². The third-order valence-corrected chi connectivity index (χ3v) is 4.86. The van der Waals surface area contributed by atoms with Crippen molar-refractivity contribution in [1.29, 1.82) is 0 Å². The molecular weight excluding hydrogens is 336 g/mol. The molecule has 6 heteroatoms. The van der Waals surface area contributed by atoms with Crippen LogP contribution in [0.4, 0.5) is 5.69 Å². The summed E-state index contributed by atoms with van der Waals surface area (Å²) >= 11 is 1.62. The van der Waals surface area contributed by atoms with E-state index in [0.717, 1.165) is 15.6 Å². The van der Waals surface area contributed by atoms with Crippen LogP contribution in [-0.4, -0.2) is 18.9 Å². The van der Waals surface area contributed by atoms with Gasteiger partial charge < -0.3 is 15.4 Å². The highest BCUT2D eigenvalue weighted by molar-refractivity contribution is 7.17. The molecule has 2 N–H and O–H groups in total. The van der Waals surface area contributed by atoms with Crippen molar-refractivity contribution in [3.05, 3.63) is 59.5 Å². The fraction of sp³-hybridized carbons (Fsp3) is 0.158. The van der Waals surface area contributed by atoms with E-state index in [1.54, 1.807) is 42.7 Å². The minimum absolute atomic E-state index is 0.259. The summed E-state index contributed by atoms with van der Waals surface area (Å²) < 4.78 is 6.21. The molecule has 1 unspecified atom stereocenters. The molecule has 0 aliphatic heterocycles. The van der Waals surface area contributed by atoms with Crippen LogP contribution in [0, 0.1) is 0 Å². The molecule has 2 aromatic carbocycles. The van der Waals surface area contributed by atoms with Crippen molar-refractivity contribution in [2.24, 2.45) is 0 Å². The SMILES string of the molecule is COc1ccc(NC(=O)C(=O)NC(C)c2csc3ccccc23)cc1. The Balaban J connectivity index is 1.65. The molecule has 0 radical (unpaired) electrons. The molecule has 0 fully saturated rings. The fourth-order valence-electron chi connectivity index (χ4n) is 2.54. The number of carbonyl (C=O) groups is 2. The van der Waals surface area contributed by atoms with E-state index in [2.05, 4.69) is 10.6 Å². The average Bonchev–Trinajstić information content (AvgIpc) is 3.06. The number of fused-ring (bicyclic) bond motifs is 1. The Morgan fingerprint density at radius 2 is 1.76 bits per heavy atom. The third kappa shape index (κ3) is 3.80. The Labute approximate surface area is 149 Å². The first-order chi connectivity index (χ1) is 12.1. The Bertz CT molecular complexity index is 902. The van der Waals surface area contributed by atoms with Gasteiger partial charge in [-0.15, -0.1) is 11.3 Å². The molecular formula is C19H18N2O3S. The maximum absolute atomic E-state index is 12.2. The zero-order valence-electron chi connectivity index (χ0n) is 13.9. The van der Waals surface area contributed by atoms with E-state index in [4.69, 9.17) is 4.74 Å². The first-order valence-electron chi connectivity index (χ1n) is 7.80. The lowest BCUT2D eigenvalue weighted by Crippen LogP contribution is -2.36. The van der Waals surface area contributed by atoms with Crippen molar-refractivity contribution in [2.45, 2.75) is 13.0 Å². The number of carbonyl (C=O) groups excluding carboxylic acids is 2. The topological polar surface area (TPSA) is 67.4 Å². The van der Waals surface area contributed by atoms with Gasteiger partial charge in [0.05, 0.1) is 13.2 Å². The highest BCUT2D eigenvalue weighted by Gasteiger charge is 2.19. The number of rotatable bonds is 4. The molecule has 0 saturated carbocycles. The lowest BCUT2D eigenvalue weighted by Gasteiger charge is -2.13. The summed E-state index contributed by atoms with van der Waals surface area (Å²) in [4.78, 5) is 24.3. The predicted octanol–water partition coefficient (Wildman–Crippen LogP) is 3.73. The fourth-order valence-corrected chi connectivity index (χ4v) is 3.59. The number of hydrogen-bond donors (Lipinski definition) is 2. The van der Waals surface area contributed by atoms with Crippen LogP contribution >= 0.6 is 11.3 Å². The number of methoxy groups -OCH3 is 1. The molecule has 0 spiro atoms. The van der Waals surface area contributed by atoms with Gasteiger partial charge in [0, 0.05) is 10.4 Å². The van der Waals surface area contributed by atoms with E-state index in [1.165, 1.54) is 0 Å². The van der Waals surface area contributed by atoms with Gasteiger partial charge in [0.2, 0.25) is 0 Å². The minimum Gasteiger partial charge on any atom is -0.497 e. The van der Waals surface area contributed by atoms with E-state index in [1.807, 2.05) is 36.6 Å². The first-order valence-corrected chi connectivity index (χ1v) is 8.68. The first kappa shape index (κ1) is 17.0. The van der Waals surface area contributed by atoms with Gasteiger partial charge in [0.15, 0.2) is 0 Å². The average molecular weight is 354 g/mol. The van der Waals surface area contributed by atoms with Crippen molar-refractivity contribution in [3.8, 4) is 5.75 Å². The number of thiophene rings is 1. The second-order valence-corrected chi connectivity index (χ2v) is 6.48. The van der Waals surface area contributed by atoms with E-state index in [-0.39, 0.29) is 6.04 Å². The quantitative estimate of drug-likeness (QED) is 0.702. The van der Waals surface area contributed by atoms with E-state index < -0.39 is 11.8 Å². The summed E-state index contributed by atoms with van der Waals surface area (Å²) in [5.74, 6) is -0.685. The molecule has 128 valence electrons. The van der Waals surface area contributed by atoms with Crippen molar-refractivity contribution in [2.75, 3.05) is 12.4 Å². The second kappa shape index (κ2) is 7.36. The van der Waals surface area contributed by atoms with Crippen LogP contribution in [0.15, 0.2) is 53.9 Å².